The Kier molecular flexibility index (Phi) is 6.72. The Morgan fingerprint density at radius 1 is 1.04 bits per heavy atom. The van der Waals surface area contributed by atoms with E-state index in [1.807, 2.05) is 37.3 Å². The van der Waals surface area contributed by atoms with Gasteiger partial charge in [0.1, 0.15) is 12.4 Å². The summed E-state index contributed by atoms with van der Waals surface area (Å²) in [7, 11) is 0. The second kappa shape index (κ2) is 9.43. The number of rotatable bonds is 7. The fraction of sp³-hybridized carbons (Fsp3) is 0.208. The van der Waals surface area contributed by atoms with Crippen LogP contribution < -0.4 is 10.1 Å². The van der Waals surface area contributed by atoms with Gasteiger partial charge in [0, 0.05) is 5.02 Å². The summed E-state index contributed by atoms with van der Waals surface area (Å²) in [6.07, 6.45) is 0.787. The van der Waals surface area contributed by atoms with Gasteiger partial charge in [-0.15, -0.1) is 0 Å². The van der Waals surface area contributed by atoms with Crippen LogP contribution in [-0.4, -0.2) is 5.91 Å². The molecule has 4 heteroatoms. The maximum absolute atomic E-state index is 13.0. The molecule has 0 heterocycles. The van der Waals surface area contributed by atoms with Crippen molar-refractivity contribution in [1.82, 2.24) is 5.32 Å². The first-order chi connectivity index (χ1) is 13.6. The lowest BCUT2D eigenvalue weighted by Crippen LogP contribution is -2.28. The first kappa shape index (κ1) is 20.0. The summed E-state index contributed by atoms with van der Waals surface area (Å²) in [5.41, 5.74) is 3.75. The van der Waals surface area contributed by atoms with Gasteiger partial charge in [0.05, 0.1) is 11.6 Å². The van der Waals surface area contributed by atoms with E-state index in [4.69, 9.17) is 16.3 Å². The first-order valence-corrected chi connectivity index (χ1v) is 9.78. The Morgan fingerprint density at radius 3 is 2.43 bits per heavy atom. The molecule has 3 aromatic rings. The minimum atomic E-state index is -0.196. The Hall–Kier alpha value is -2.78. The van der Waals surface area contributed by atoms with Gasteiger partial charge >= 0.3 is 0 Å². The standard InChI is InChI=1S/C24H24ClNO2/c1-3-22(19-11-9-17(2)10-12-19)26-24(27)21-15-20(25)13-14-23(21)28-16-18-7-5-4-6-8-18/h4-15,22H,3,16H2,1-2H3,(H,26,27)/t22-/m0/s1. The summed E-state index contributed by atoms with van der Waals surface area (Å²) in [6.45, 7) is 4.49. The summed E-state index contributed by atoms with van der Waals surface area (Å²) >= 11 is 6.15. The van der Waals surface area contributed by atoms with Gasteiger partial charge in [-0.1, -0.05) is 78.7 Å². The van der Waals surface area contributed by atoms with Crippen LogP contribution in [0, 0.1) is 6.92 Å². The second-order valence-electron chi connectivity index (χ2n) is 6.76. The van der Waals surface area contributed by atoms with Crippen molar-refractivity contribution in [3.05, 3.63) is 100 Å². The molecule has 0 saturated heterocycles. The van der Waals surface area contributed by atoms with Gasteiger partial charge in [-0.3, -0.25) is 4.79 Å². The summed E-state index contributed by atoms with van der Waals surface area (Å²) in [5, 5.41) is 3.61. The molecule has 3 nitrogen and oxygen atoms in total. The predicted octanol–water partition coefficient (Wildman–Crippen LogP) is 6.11. The van der Waals surface area contributed by atoms with Crippen molar-refractivity contribution in [3.63, 3.8) is 0 Å². The van der Waals surface area contributed by atoms with Crippen LogP contribution in [0.4, 0.5) is 0 Å². The van der Waals surface area contributed by atoms with E-state index >= 15 is 0 Å². The lowest BCUT2D eigenvalue weighted by molar-refractivity contribution is 0.0931. The van der Waals surface area contributed by atoms with Gasteiger partial charge in [0.2, 0.25) is 0 Å². The van der Waals surface area contributed by atoms with E-state index < -0.39 is 0 Å². The number of hydrogen-bond acceptors (Lipinski definition) is 2. The van der Waals surface area contributed by atoms with E-state index in [0.29, 0.717) is 22.9 Å². The van der Waals surface area contributed by atoms with Gasteiger partial charge in [0.15, 0.2) is 0 Å². The molecule has 0 saturated carbocycles. The molecule has 3 aromatic carbocycles. The van der Waals surface area contributed by atoms with E-state index in [0.717, 1.165) is 17.5 Å². The molecule has 0 spiro atoms. The molecule has 3 rings (SSSR count). The number of halogens is 1. The van der Waals surface area contributed by atoms with E-state index in [1.54, 1.807) is 18.2 Å². The molecular weight excluding hydrogens is 370 g/mol. The van der Waals surface area contributed by atoms with Gasteiger partial charge in [0.25, 0.3) is 5.91 Å². The van der Waals surface area contributed by atoms with E-state index in [-0.39, 0.29) is 11.9 Å². The zero-order chi connectivity index (χ0) is 19.9. The molecule has 0 aromatic heterocycles. The van der Waals surface area contributed by atoms with Gasteiger partial charge in [-0.25, -0.2) is 0 Å². The van der Waals surface area contributed by atoms with Crippen molar-refractivity contribution in [2.24, 2.45) is 0 Å². The van der Waals surface area contributed by atoms with Crippen LogP contribution in [0.3, 0.4) is 0 Å². The highest BCUT2D eigenvalue weighted by atomic mass is 35.5. The third-order valence-electron chi connectivity index (χ3n) is 4.62. The molecule has 1 atom stereocenters. The molecule has 0 aliphatic rings. The fourth-order valence-electron chi connectivity index (χ4n) is 3.00. The minimum Gasteiger partial charge on any atom is -0.488 e. The van der Waals surface area contributed by atoms with E-state index in [9.17, 15) is 4.79 Å². The van der Waals surface area contributed by atoms with Crippen molar-refractivity contribution < 1.29 is 9.53 Å². The van der Waals surface area contributed by atoms with E-state index in [2.05, 4.69) is 36.5 Å². The Bertz CT molecular complexity index is 923. The molecule has 0 bridgehead atoms. The highest BCUT2D eigenvalue weighted by Gasteiger charge is 2.18. The highest BCUT2D eigenvalue weighted by molar-refractivity contribution is 6.31. The lowest BCUT2D eigenvalue weighted by atomic mass is 10.0. The lowest BCUT2D eigenvalue weighted by Gasteiger charge is -2.19. The number of carbonyl (C=O) groups excluding carboxylic acids is 1. The molecule has 1 N–H and O–H groups in total. The fourth-order valence-corrected chi connectivity index (χ4v) is 3.17. The van der Waals surface area contributed by atoms with Crippen LogP contribution in [-0.2, 0) is 6.61 Å². The maximum Gasteiger partial charge on any atom is 0.255 e. The van der Waals surface area contributed by atoms with Crippen molar-refractivity contribution in [3.8, 4) is 5.75 Å². The number of benzene rings is 3. The normalized spacial score (nSPS) is 11.7. The van der Waals surface area contributed by atoms with Crippen LogP contribution in [0.5, 0.6) is 5.75 Å². The number of nitrogens with one attached hydrogen (secondary N) is 1. The Labute approximate surface area is 171 Å². The van der Waals surface area contributed by atoms with Crippen LogP contribution in [0.15, 0.2) is 72.8 Å². The zero-order valence-electron chi connectivity index (χ0n) is 16.1. The van der Waals surface area contributed by atoms with Crippen LogP contribution in [0.1, 0.15) is 46.4 Å². The van der Waals surface area contributed by atoms with Crippen LogP contribution in [0.25, 0.3) is 0 Å². The molecule has 0 unspecified atom stereocenters. The summed E-state index contributed by atoms with van der Waals surface area (Å²) in [5.74, 6) is 0.322. The molecule has 1 amide bonds. The monoisotopic (exact) mass is 393 g/mol. The average Bonchev–Trinajstić information content (AvgIpc) is 2.72. The van der Waals surface area contributed by atoms with Crippen molar-refractivity contribution in [2.45, 2.75) is 32.9 Å². The topological polar surface area (TPSA) is 38.3 Å². The first-order valence-electron chi connectivity index (χ1n) is 9.40. The number of hydrogen-bond donors (Lipinski definition) is 1. The Morgan fingerprint density at radius 2 is 1.75 bits per heavy atom. The molecule has 0 fully saturated rings. The van der Waals surface area contributed by atoms with Gasteiger partial charge in [-0.05, 0) is 42.7 Å². The number of ether oxygens (including phenoxy) is 1. The van der Waals surface area contributed by atoms with Crippen molar-refractivity contribution in [1.29, 1.82) is 0 Å². The molecule has 28 heavy (non-hydrogen) atoms. The minimum absolute atomic E-state index is 0.0749. The average molecular weight is 394 g/mol. The van der Waals surface area contributed by atoms with Crippen LogP contribution in [0.2, 0.25) is 5.02 Å². The zero-order valence-corrected chi connectivity index (χ0v) is 16.9. The van der Waals surface area contributed by atoms with Gasteiger partial charge < -0.3 is 10.1 Å². The number of aryl methyl sites for hydroxylation is 1. The van der Waals surface area contributed by atoms with Gasteiger partial charge in [-0.2, -0.15) is 0 Å². The third kappa shape index (κ3) is 5.14. The second-order valence-corrected chi connectivity index (χ2v) is 7.20. The molecule has 0 aliphatic heterocycles. The highest BCUT2D eigenvalue weighted by Crippen LogP contribution is 2.26. The Balaban J connectivity index is 1.78. The SMILES string of the molecule is CC[C@H](NC(=O)c1cc(Cl)ccc1OCc1ccccc1)c1ccc(C)cc1. The van der Waals surface area contributed by atoms with Crippen molar-refractivity contribution in [2.75, 3.05) is 0 Å². The number of carbonyl (C=O) groups is 1. The largest absolute Gasteiger partial charge is 0.488 e. The molecular formula is C24H24ClNO2. The summed E-state index contributed by atoms with van der Waals surface area (Å²) in [6, 6.07) is 23.1. The molecule has 0 radical (unpaired) electrons. The summed E-state index contributed by atoms with van der Waals surface area (Å²) < 4.78 is 5.92. The van der Waals surface area contributed by atoms with Crippen molar-refractivity contribution >= 4 is 17.5 Å². The predicted molar refractivity (Wildman–Crippen MR) is 114 cm³/mol. The molecule has 0 aliphatic carbocycles. The smallest absolute Gasteiger partial charge is 0.255 e. The third-order valence-corrected chi connectivity index (χ3v) is 4.85. The number of amides is 1. The maximum atomic E-state index is 13.0. The van der Waals surface area contributed by atoms with E-state index in [1.165, 1.54) is 5.56 Å². The van der Waals surface area contributed by atoms with Crippen LogP contribution >= 0.6 is 11.6 Å². The summed E-state index contributed by atoms with van der Waals surface area (Å²) in [4.78, 5) is 13.0. The molecule has 144 valence electrons. The quantitative estimate of drug-likeness (QED) is 0.526.